The van der Waals surface area contributed by atoms with Crippen molar-refractivity contribution in [1.29, 1.82) is 0 Å². The van der Waals surface area contributed by atoms with Crippen LogP contribution in [0.4, 0.5) is 13.2 Å². The summed E-state index contributed by atoms with van der Waals surface area (Å²) in [7, 11) is 0. The zero-order valence-electron chi connectivity index (χ0n) is 13.6. The summed E-state index contributed by atoms with van der Waals surface area (Å²) < 4.78 is 40.9. The highest BCUT2D eigenvalue weighted by Gasteiger charge is 2.26. The van der Waals surface area contributed by atoms with Gasteiger partial charge in [0.2, 0.25) is 0 Å². The summed E-state index contributed by atoms with van der Waals surface area (Å²) in [4.78, 5) is 2.37. The minimum Gasteiger partial charge on any atom is -0.303 e. The minimum atomic E-state index is -3.01. The predicted octanol–water partition coefficient (Wildman–Crippen LogP) is 5.22. The van der Waals surface area contributed by atoms with Crippen LogP contribution in [0, 0.1) is 5.82 Å². The number of benzene rings is 1. The molecule has 1 aromatic carbocycles. The van der Waals surface area contributed by atoms with Crippen molar-refractivity contribution in [2.24, 2.45) is 0 Å². The largest absolute Gasteiger partial charge is 0.303 e. The lowest BCUT2D eigenvalue weighted by Gasteiger charge is -2.29. The first-order valence-electron chi connectivity index (χ1n) is 7.98. The number of alkyl halides is 2. The molecule has 0 aliphatic carbocycles. The van der Waals surface area contributed by atoms with Crippen LogP contribution in [0.25, 0.3) is 5.57 Å². The van der Waals surface area contributed by atoms with Crippen molar-refractivity contribution in [3.63, 3.8) is 0 Å². The topological polar surface area (TPSA) is 3.24 Å². The molecule has 1 nitrogen and oxygen atoms in total. The van der Waals surface area contributed by atoms with Crippen molar-refractivity contribution in [3.05, 3.63) is 40.7 Å². The van der Waals surface area contributed by atoms with Crippen LogP contribution < -0.4 is 0 Å². The molecular formula is C18H24F3N. The smallest absolute Gasteiger partial charge is 0.270 e. The van der Waals surface area contributed by atoms with Crippen LogP contribution in [0.2, 0.25) is 0 Å². The van der Waals surface area contributed by atoms with Gasteiger partial charge >= 0.3 is 0 Å². The average molecular weight is 311 g/mol. The summed E-state index contributed by atoms with van der Waals surface area (Å²) in [6.45, 7) is 7.93. The van der Waals surface area contributed by atoms with Crippen LogP contribution >= 0.6 is 0 Å². The molecule has 0 unspecified atom stereocenters. The van der Waals surface area contributed by atoms with Gasteiger partial charge in [0.15, 0.2) is 0 Å². The van der Waals surface area contributed by atoms with Gasteiger partial charge in [-0.1, -0.05) is 31.6 Å². The molecule has 122 valence electrons. The van der Waals surface area contributed by atoms with E-state index in [1.54, 1.807) is 0 Å². The monoisotopic (exact) mass is 311 g/mol. The quantitative estimate of drug-likeness (QED) is 0.737. The van der Waals surface area contributed by atoms with Gasteiger partial charge in [-0.15, -0.1) is 0 Å². The second-order valence-corrected chi connectivity index (χ2v) is 5.95. The molecule has 0 spiro atoms. The summed E-state index contributed by atoms with van der Waals surface area (Å²) >= 11 is 0. The van der Waals surface area contributed by atoms with Gasteiger partial charge in [0, 0.05) is 31.1 Å². The van der Waals surface area contributed by atoms with Crippen LogP contribution in [0.5, 0.6) is 0 Å². The molecule has 0 radical (unpaired) electrons. The van der Waals surface area contributed by atoms with E-state index in [0.717, 1.165) is 57.5 Å². The number of halogens is 3. The maximum Gasteiger partial charge on any atom is 0.270 e. The van der Waals surface area contributed by atoms with Crippen molar-refractivity contribution in [2.75, 3.05) is 19.6 Å². The van der Waals surface area contributed by atoms with E-state index >= 15 is 0 Å². The molecule has 2 rings (SSSR count). The molecule has 4 heteroatoms. The fourth-order valence-corrected chi connectivity index (χ4v) is 3.10. The highest BCUT2D eigenvalue weighted by Crippen LogP contribution is 2.34. The lowest BCUT2D eigenvalue weighted by Crippen LogP contribution is -2.30. The maximum absolute atomic E-state index is 14.3. The Morgan fingerprint density at radius 2 is 1.82 bits per heavy atom. The molecule has 1 aliphatic heterocycles. The van der Waals surface area contributed by atoms with Gasteiger partial charge in [-0.3, -0.25) is 0 Å². The number of likely N-dealkylation sites (tertiary alicyclic amines) is 1. The SMILES string of the molecule is CCC(=C1CCN(CC)CC1)c1ccc(C(C)(F)F)cc1F. The van der Waals surface area contributed by atoms with E-state index < -0.39 is 11.7 Å². The first-order chi connectivity index (χ1) is 10.4. The molecule has 1 heterocycles. The van der Waals surface area contributed by atoms with E-state index in [0.29, 0.717) is 5.56 Å². The summed E-state index contributed by atoms with van der Waals surface area (Å²) in [6, 6.07) is 3.84. The number of rotatable bonds is 4. The standard InChI is InChI=1S/C18H24F3N/c1-4-15(13-8-10-22(5-2)11-9-13)16-7-6-14(12-17(16)19)18(3,20)21/h6-7,12H,4-5,8-11H2,1-3H3. The van der Waals surface area contributed by atoms with Crippen LogP contribution in [0.1, 0.15) is 51.2 Å². The maximum atomic E-state index is 14.3. The molecule has 0 bridgehead atoms. The summed E-state index contributed by atoms with van der Waals surface area (Å²) in [5.41, 5.74) is 2.46. The molecular weight excluding hydrogens is 287 g/mol. The number of hydrogen-bond acceptors (Lipinski definition) is 1. The van der Waals surface area contributed by atoms with Crippen LogP contribution in [-0.2, 0) is 5.92 Å². The average Bonchev–Trinajstić information content (AvgIpc) is 2.49. The Labute approximate surface area is 130 Å². The van der Waals surface area contributed by atoms with Crippen LogP contribution in [0.15, 0.2) is 23.8 Å². The second-order valence-electron chi connectivity index (χ2n) is 5.95. The third kappa shape index (κ3) is 3.72. The fourth-order valence-electron chi connectivity index (χ4n) is 3.10. The molecule has 1 saturated heterocycles. The van der Waals surface area contributed by atoms with E-state index in [-0.39, 0.29) is 5.56 Å². The molecule has 1 aromatic rings. The Kier molecular flexibility index (Phi) is 5.32. The Morgan fingerprint density at radius 1 is 1.18 bits per heavy atom. The normalized spacial score (nSPS) is 16.9. The number of nitrogens with zero attached hydrogens (tertiary/aromatic N) is 1. The van der Waals surface area contributed by atoms with E-state index in [2.05, 4.69) is 11.8 Å². The van der Waals surface area contributed by atoms with E-state index in [1.807, 2.05) is 6.92 Å². The zero-order valence-corrected chi connectivity index (χ0v) is 13.6. The predicted molar refractivity (Wildman–Crippen MR) is 84.5 cm³/mol. The fraction of sp³-hybridized carbons (Fsp3) is 0.556. The van der Waals surface area contributed by atoms with Crippen molar-refractivity contribution in [2.45, 2.75) is 46.0 Å². The van der Waals surface area contributed by atoms with Gasteiger partial charge in [-0.2, -0.15) is 0 Å². The lowest BCUT2D eigenvalue weighted by molar-refractivity contribution is 0.0171. The summed E-state index contributed by atoms with van der Waals surface area (Å²) in [6.07, 6.45) is 2.59. The van der Waals surface area contributed by atoms with E-state index in [9.17, 15) is 13.2 Å². The minimum absolute atomic E-state index is 0.269. The summed E-state index contributed by atoms with van der Waals surface area (Å²) in [5, 5.41) is 0. The van der Waals surface area contributed by atoms with Gasteiger partial charge in [0.05, 0.1) is 0 Å². The third-order valence-corrected chi connectivity index (χ3v) is 4.49. The van der Waals surface area contributed by atoms with Crippen molar-refractivity contribution in [3.8, 4) is 0 Å². The van der Waals surface area contributed by atoms with Gasteiger partial charge in [0.1, 0.15) is 5.82 Å². The molecule has 1 aliphatic rings. The van der Waals surface area contributed by atoms with Gasteiger partial charge in [-0.25, -0.2) is 13.2 Å². The molecule has 22 heavy (non-hydrogen) atoms. The van der Waals surface area contributed by atoms with Gasteiger partial charge in [-0.05, 0) is 37.4 Å². The van der Waals surface area contributed by atoms with Crippen LogP contribution in [0.3, 0.4) is 0 Å². The first kappa shape index (κ1) is 17.1. The molecule has 0 atom stereocenters. The lowest BCUT2D eigenvalue weighted by atomic mass is 9.90. The first-order valence-corrected chi connectivity index (χ1v) is 7.98. The number of piperidine rings is 1. The Hall–Kier alpha value is -1.29. The van der Waals surface area contributed by atoms with E-state index in [4.69, 9.17) is 0 Å². The van der Waals surface area contributed by atoms with Crippen LogP contribution in [-0.4, -0.2) is 24.5 Å². The molecule has 1 fully saturated rings. The molecule has 0 saturated carbocycles. The molecule has 0 aromatic heterocycles. The third-order valence-electron chi connectivity index (χ3n) is 4.49. The molecule has 0 amide bonds. The number of allylic oxidation sites excluding steroid dienone is 1. The van der Waals surface area contributed by atoms with Crippen molar-refractivity contribution in [1.82, 2.24) is 4.90 Å². The van der Waals surface area contributed by atoms with Gasteiger partial charge in [0.25, 0.3) is 5.92 Å². The summed E-state index contributed by atoms with van der Waals surface area (Å²) in [5.74, 6) is -3.55. The number of hydrogen-bond donors (Lipinski definition) is 0. The Balaban J connectivity index is 2.32. The Bertz CT molecular complexity index is 548. The van der Waals surface area contributed by atoms with Crippen molar-refractivity contribution < 1.29 is 13.2 Å². The van der Waals surface area contributed by atoms with Crippen molar-refractivity contribution >= 4 is 5.57 Å². The van der Waals surface area contributed by atoms with Gasteiger partial charge < -0.3 is 4.90 Å². The highest BCUT2D eigenvalue weighted by molar-refractivity contribution is 5.69. The molecule has 0 N–H and O–H groups in total. The van der Waals surface area contributed by atoms with E-state index in [1.165, 1.54) is 17.7 Å². The Morgan fingerprint density at radius 3 is 2.27 bits per heavy atom. The zero-order chi connectivity index (χ0) is 16.3. The highest BCUT2D eigenvalue weighted by atomic mass is 19.3. The second kappa shape index (κ2) is 6.86.